The van der Waals surface area contributed by atoms with E-state index in [1.807, 2.05) is 24.3 Å². The highest BCUT2D eigenvalue weighted by Gasteiger charge is 2.21. The molecular formula is C22H24FN4O2-. The molecule has 2 heterocycles. The highest BCUT2D eigenvalue weighted by molar-refractivity contribution is 6.23. The number of benzene rings is 1. The van der Waals surface area contributed by atoms with Crippen LogP contribution in [0.1, 0.15) is 23.1 Å². The van der Waals surface area contributed by atoms with Gasteiger partial charge in [0.1, 0.15) is 6.17 Å². The van der Waals surface area contributed by atoms with Crippen molar-refractivity contribution in [3.63, 3.8) is 0 Å². The van der Waals surface area contributed by atoms with E-state index in [0.29, 0.717) is 42.8 Å². The molecule has 2 N–H and O–H groups in total. The summed E-state index contributed by atoms with van der Waals surface area (Å²) < 4.78 is 13.7. The summed E-state index contributed by atoms with van der Waals surface area (Å²) in [7, 11) is 0. The van der Waals surface area contributed by atoms with Gasteiger partial charge in [0.25, 0.3) is 0 Å². The van der Waals surface area contributed by atoms with Crippen molar-refractivity contribution in [3.05, 3.63) is 59.0 Å². The first kappa shape index (κ1) is 19.5. The average molecular weight is 395 g/mol. The van der Waals surface area contributed by atoms with E-state index >= 15 is 0 Å². The fraction of sp³-hybridized carbons (Fsp3) is 0.364. The zero-order valence-corrected chi connectivity index (χ0v) is 16.1. The molecule has 0 radical (unpaired) electrons. The molecule has 1 unspecified atom stereocenters. The number of aliphatic imine (C=N–C) groups is 1. The Morgan fingerprint density at radius 2 is 2.03 bits per heavy atom. The number of piperazine rings is 1. The minimum absolute atomic E-state index is 0.0977. The van der Waals surface area contributed by atoms with Crippen LogP contribution in [-0.4, -0.2) is 72.5 Å². The molecule has 1 aromatic carbocycles. The number of amidine groups is 1. The molecule has 4 rings (SSSR count). The molecule has 6 nitrogen and oxygen atoms in total. The molecule has 152 valence electrons. The minimum atomic E-state index is -1.00. The number of β-amino-alcohol motifs (C(OH)–C–C–N with tert-alkyl or cyclic N) is 1. The van der Waals surface area contributed by atoms with Gasteiger partial charge in [-0.3, -0.25) is 10.3 Å². The number of hydrogen-bond donors (Lipinski definition) is 2. The van der Waals surface area contributed by atoms with E-state index in [0.717, 1.165) is 24.2 Å². The molecule has 0 bridgehead atoms. The molecular weight excluding hydrogens is 371 g/mol. The fourth-order valence-corrected chi connectivity index (χ4v) is 3.92. The molecule has 2 aliphatic heterocycles. The van der Waals surface area contributed by atoms with Gasteiger partial charge in [-0.2, -0.15) is 0 Å². The van der Waals surface area contributed by atoms with Crippen molar-refractivity contribution in [2.45, 2.75) is 12.6 Å². The van der Waals surface area contributed by atoms with Gasteiger partial charge in [-0.25, -0.2) is 9.38 Å². The Hall–Kier alpha value is -2.77. The maximum absolute atomic E-state index is 13.7. The number of hydrogen-bond acceptors (Lipinski definition) is 5. The summed E-state index contributed by atoms with van der Waals surface area (Å²) in [6.07, 6.45) is 6.13. The van der Waals surface area contributed by atoms with Crippen LogP contribution in [-0.2, 0) is 0 Å². The SMILES string of the molecule is N=C1N=CC(=C([O-])N2CCN(CCO)CC2)c2ccc(C3=CC(F)CC=C3)cc21. The lowest BCUT2D eigenvalue weighted by Gasteiger charge is -2.40. The first-order chi connectivity index (χ1) is 14.1. The minimum Gasteiger partial charge on any atom is -0.860 e. The lowest BCUT2D eigenvalue weighted by Crippen LogP contribution is -2.48. The predicted molar refractivity (Wildman–Crippen MR) is 110 cm³/mol. The first-order valence-electron chi connectivity index (χ1n) is 9.86. The number of fused-ring (bicyclic) bond motifs is 1. The van der Waals surface area contributed by atoms with E-state index in [9.17, 15) is 9.50 Å². The Kier molecular flexibility index (Phi) is 5.60. The van der Waals surface area contributed by atoms with Crippen LogP contribution in [0.4, 0.5) is 4.39 Å². The van der Waals surface area contributed by atoms with Crippen LogP contribution in [0.5, 0.6) is 0 Å². The second-order valence-electron chi connectivity index (χ2n) is 7.41. The lowest BCUT2D eigenvalue weighted by molar-refractivity contribution is -0.332. The summed E-state index contributed by atoms with van der Waals surface area (Å²) in [6, 6.07) is 5.51. The van der Waals surface area contributed by atoms with Crippen LogP contribution < -0.4 is 5.11 Å². The normalized spacial score (nSPS) is 23.8. The molecule has 1 aromatic rings. The number of nitrogens with one attached hydrogen (secondary N) is 1. The zero-order chi connectivity index (χ0) is 20.4. The van der Waals surface area contributed by atoms with Crippen molar-refractivity contribution in [2.75, 3.05) is 39.3 Å². The Balaban J connectivity index is 1.63. The molecule has 0 aromatic heterocycles. The molecule has 1 aliphatic carbocycles. The van der Waals surface area contributed by atoms with Gasteiger partial charge in [-0.15, -0.1) is 0 Å². The Labute approximate surface area is 169 Å². The van der Waals surface area contributed by atoms with Gasteiger partial charge in [0, 0.05) is 56.5 Å². The molecule has 0 spiro atoms. The molecule has 1 fully saturated rings. The summed E-state index contributed by atoms with van der Waals surface area (Å²) in [5.41, 5.74) is 3.35. The van der Waals surface area contributed by atoms with Crippen LogP contribution in [0.3, 0.4) is 0 Å². The Morgan fingerprint density at radius 3 is 2.76 bits per heavy atom. The van der Waals surface area contributed by atoms with Crippen molar-refractivity contribution in [1.29, 1.82) is 5.41 Å². The molecule has 3 aliphatic rings. The van der Waals surface area contributed by atoms with Crippen molar-refractivity contribution in [3.8, 4) is 0 Å². The van der Waals surface area contributed by atoms with Gasteiger partial charge in [0.2, 0.25) is 0 Å². The third-order valence-corrected chi connectivity index (χ3v) is 5.55. The smallest absolute Gasteiger partial charge is 0.152 e. The van der Waals surface area contributed by atoms with E-state index in [-0.39, 0.29) is 18.3 Å². The van der Waals surface area contributed by atoms with Gasteiger partial charge in [-0.1, -0.05) is 24.3 Å². The fourth-order valence-electron chi connectivity index (χ4n) is 3.92. The first-order valence-corrected chi connectivity index (χ1v) is 9.86. The molecule has 29 heavy (non-hydrogen) atoms. The van der Waals surface area contributed by atoms with Crippen LogP contribution in [0.15, 0.2) is 47.3 Å². The zero-order valence-electron chi connectivity index (χ0n) is 16.1. The summed E-state index contributed by atoms with van der Waals surface area (Å²) in [5, 5.41) is 30.4. The maximum Gasteiger partial charge on any atom is 0.152 e. The number of aliphatic hydroxyl groups excluding tert-OH is 1. The van der Waals surface area contributed by atoms with Crippen molar-refractivity contribution in [2.24, 2.45) is 4.99 Å². The number of alkyl halides is 1. The van der Waals surface area contributed by atoms with E-state index in [1.165, 1.54) is 6.21 Å². The van der Waals surface area contributed by atoms with Crippen LogP contribution in [0.25, 0.3) is 11.1 Å². The number of rotatable bonds is 4. The monoisotopic (exact) mass is 395 g/mol. The van der Waals surface area contributed by atoms with Gasteiger partial charge >= 0.3 is 0 Å². The highest BCUT2D eigenvalue weighted by atomic mass is 19.1. The quantitative estimate of drug-likeness (QED) is 0.755. The second-order valence-corrected chi connectivity index (χ2v) is 7.41. The van der Waals surface area contributed by atoms with E-state index in [2.05, 4.69) is 9.89 Å². The summed E-state index contributed by atoms with van der Waals surface area (Å²) in [5.74, 6) is 0.00264. The standard InChI is InChI=1S/C22H25FN4O2/c23-17-3-1-2-15(12-17)16-4-5-18-19(13-16)21(24)25-14-20(18)22(29)27-8-6-26(7-9-27)10-11-28/h1-2,4-5,12-14,17,24,28-29H,3,6-11H2/p-1. The predicted octanol–water partition coefficient (Wildman–Crippen LogP) is 1.42. The van der Waals surface area contributed by atoms with Crippen LogP contribution >= 0.6 is 0 Å². The molecule has 7 heteroatoms. The molecule has 1 saturated heterocycles. The third-order valence-electron chi connectivity index (χ3n) is 5.55. The number of allylic oxidation sites excluding steroid dienone is 5. The van der Waals surface area contributed by atoms with Crippen molar-refractivity contribution >= 4 is 23.2 Å². The van der Waals surface area contributed by atoms with Crippen molar-refractivity contribution < 1.29 is 14.6 Å². The van der Waals surface area contributed by atoms with Gasteiger partial charge in [0.05, 0.1) is 6.61 Å². The highest BCUT2D eigenvalue weighted by Crippen LogP contribution is 2.30. The van der Waals surface area contributed by atoms with Crippen LogP contribution in [0.2, 0.25) is 0 Å². The van der Waals surface area contributed by atoms with Crippen LogP contribution in [0, 0.1) is 5.41 Å². The number of halogens is 1. The Bertz CT molecular complexity index is 927. The molecule has 0 amide bonds. The van der Waals surface area contributed by atoms with E-state index < -0.39 is 6.17 Å². The molecule has 1 atom stereocenters. The number of aliphatic hydroxyl groups is 1. The summed E-state index contributed by atoms with van der Waals surface area (Å²) in [4.78, 5) is 8.05. The average Bonchev–Trinajstić information content (AvgIpc) is 2.74. The van der Waals surface area contributed by atoms with Gasteiger partial charge in [0.15, 0.2) is 5.84 Å². The topological polar surface area (TPSA) is 86.0 Å². The summed E-state index contributed by atoms with van der Waals surface area (Å²) >= 11 is 0. The largest absolute Gasteiger partial charge is 0.860 e. The Morgan fingerprint density at radius 1 is 1.24 bits per heavy atom. The van der Waals surface area contributed by atoms with Gasteiger partial charge < -0.3 is 15.1 Å². The van der Waals surface area contributed by atoms with E-state index in [4.69, 9.17) is 10.5 Å². The van der Waals surface area contributed by atoms with Crippen molar-refractivity contribution in [1.82, 2.24) is 9.80 Å². The van der Waals surface area contributed by atoms with E-state index in [1.54, 1.807) is 17.1 Å². The van der Waals surface area contributed by atoms with Gasteiger partial charge in [-0.05, 0) is 34.7 Å². The summed E-state index contributed by atoms with van der Waals surface area (Å²) in [6.45, 7) is 3.37. The number of nitrogens with zero attached hydrogens (tertiary/aromatic N) is 3. The molecule has 0 saturated carbocycles. The second kappa shape index (κ2) is 8.31. The lowest BCUT2D eigenvalue weighted by atomic mass is 9.91. The maximum atomic E-state index is 13.7. The third kappa shape index (κ3) is 4.02.